The van der Waals surface area contributed by atoms with Gasteiger partial charge in [0.05, 0.1) is 24.8 Å². The highest BCUT2D eigenvalue weighted by Crippen LogP contribution is 2.28. The fourth-order valence-corrected chi connectivity index (χ4v) is 4.71. The van der Waals surface area contributed by atoms with Gasteiger partial charge in [-0.1, -0.05) is 26.8 Å². The number of carbonyl (C=O) groups excluding carboxylic acids is 2. The fraction of sp³-hybridized carbons (Fsp3) is 0.483. The van der Waals surface area contributed by atoms with Gasteiger partial charge in [0, 0.05) is 50.8 Å². The van der Waals surface area contributed by atoms with Gasteiger partial charge in [0.25, 0.3) is 5.91 Å². The van der Waals surface area contributed by atoms with Crippen molar-refractivity contribution in [3.63, 3.8) is 0 Å². The molecule has 0 fully saturated rings. The summed E-state index contributed by atoms with van der Waals surface area (Å²) in [5.41, 5.74) is 4.68. The molecule has 1 aliphatic rings. The number of amides is 2. The minimum atomic E-state index is -0.279. The van der Waals surface area contributed by atoms with Gasteiger partial charge in [-0.05, 0) is 61.3 Å². The van der Waals surface area contributed by atoms with Gasteiger partial charge in [-0.25, -0.2) is 9.40 Å². The monoisotopic (exact) mass is 539 g/mol. The average Bonchev–Trinajstić information content (AvgIpc) is 3.54. The molecular formula is C29H42FN7O2. The van der Waals surface area contributed by atoms with E-state index in [4.69, 9.17) is 0 Å². The molecule has 0 unspecified atom stereocenters. The van der Waals surface area contributed by atoms with Crippen molar-refractivity contribution in [2.75, 3.05) is 44.7 Å². The third-order valence-electron chi connectivity index (χ3n) is 6.79. The SMILES string of the molecule is CC.CCNCCNC(=O)CN(CC(=O)N(C)N1Cc2ccc(F)cc2C1)c1cc2cnn(CC)c2cc1C. The lowest BCUT2D eigenvalue weighted by atomic mass is 10.1. The summed E-state index contributed by atoms with van der Waals surface area (Å²) >= 11 is 0. The number of hydrogen-bond acceptors (Lipinski definition) is 6. The predicted octanol–water partition coefficient (Wildman–Crippen LogP) is 3.45. The topological polar surface area (TPSA) is 85.7 Å². The molecule has 0 radical (unpaired) electrons. The number of nitrogens with one attached hydrogen (secondary N) is 2. The number of carbonyl (C=O) groups is 2. The second-order valence-electron chi connectivity index (χ2n) is 9.37. The van der Waals surface area contributed by atoms with Crippen molar-refractivity contribution in [3.8, 4) is 0 Å². The Bertz CT molecular complexity index is 1280. The van der Waals surface area contributed by atoms with Crippen LogP contribution in [0.2, 0.25) is 0 Å². The molecule has 9 nitrogen and oxygen atoms in total. The van der Waals surface area contributed by atoms with Gasteiger partial charge in [-0.3, -0.25) is 19.3 Å². The summed E-state index contributed by atoms with van der Waals surface area (Å²) in [4.78, 5) is 28.1. The maximum atomic E-state index is 13.7. The Morgan fingerprint density at radius 3 is 2.51 bits per heavy atom. The molecule has 0 spiro atoms. The predicted molar refractivity (Wildman–Crippen MR) is 154 cm³/mol. The molecular weight excluding hydrogens is 497 g/mol. The highest BCUT2D eigenvalue weighted by Gasteiger charge is 2.27. The van der Waals surface area contributed by atoms with Crippen LogP contribution in [-0.4, -0.2) is 71.4 Å². The van der Waals surface area contributed by atoms with E-state index in [1.54, 1.807) is 18.1 Å². The summed E-state index contributed by atoms with van der Waals surface area (Å²) < 4.78 is 15.6. The number of aryl methyl sites for hydroxylation is 2. The molecule has 0 aliphatic carbocycles. The van der Waals surface area contributed by atoms with Crippen molar-refractivity contribution in [3.05, 3.63) is 59.0 Å². The van der Waals surface area contributed by atoms with Crippen LogP contribution in [0.3, 0.4) is 0 Å². The van der Waals surface area contributed by atoms with Gasteiger partial charge in [0.2, 0.25) is 5.91 Å². The zero-order valence-electron chi connectivity index (χ0n) is 24.1. The molecule has 2 aromatic carbocycles. The standard InChI is InChI=1S/C27H36FN7O2.C2H6/c1-5-29-9-10-30-26(36)17-33(24-13-21-14-31-35(6-2)25(21)11-19(24)3)18-27(37)32(4)34-15-20-7-8-23(28)12-22(20)16-34;1-2/h7-8,11-14,29H,5-6,9-10,15-18H2,1-4H3,(H,30,36);1-2H3. The van der Waals surface area contributed by atoms with Crippen LogP contribution in [-0.2, 0) is 29.2 Å². The first-order valence-electron chi connectivity index (χ1n) is 13.8. The lowest BCUT2D eigenvalue weighted by Crippen LogP contribution is -2.48. The number of nitrogens with zero attached hydrogens (tertiary/aromatic N) is 5. The molecule has 0 saturated heterocycles. The number of hydrogen-bond donors (Lipinski definition) is 2. The number of aromatic nitrogens is 2. The van der Waals surface area contributed by atoms with Crippen molar-refractivity contribution >= 4 is 28.4 Å². The fourth-order valence-electron chi connectivity index (χ4n) is 4.71. The first kappa shape index (κ1) is 30.0. The Morgan fingerprint density at radius 2 is 1.79 bits per heavy atom. The molecule has 212 valence electrons. The number of hydrazine groups is 1. The molecule has 3 aromatic rings. The van der Waals surface area contributed by atoms with Gasteiger partial charge in [0.15, 0.2) is 0 Å². The van der Waals surface area contributed by atoms with Crippen molar-refractivity contribution in [1.29, 1.82) is 0 Å². The molecule has 0 bridgehead atoms. The first-order valence-corrected chi connectivity index (χ1v) is 13.8. The molecule has 1 aromatic heterocycles. The van der Waals surface area contributed by atoms with Crippen LogP contribution in [0.25, 0.3) is 10.9 Å². The Hall–Kier alpha value is -3.50. The van der Waals surface area contributed by atoms with Gasteiger partial charge in [-0.2, -0.15) is 5.10 Å². The summed E-state index contributed by atoms with van der Waals surface area (Å²) in [7, 11) is 1.72. The van der Waals surface area contributed by atoms with Crippen LogP contribution >= 0.6 is 0 Å². The van der Waals surface area contributed by atoms with E-state index in [1.807, 2.05) is 61.5 Å². The molecule has 0 saturated carbocycles. The molecule has 39 heavy (non-hydrogen) atoms. The molecule has 2 amide bonds. The summed E-state index contributed by atoms with van der Waals surface area (Å²) in [5.74, 6) is -0.586. The van der Waals surface area contributed by atoms with E-state index in [0.717, 1.165) is 46.4 Å². The average molecular weight is 540 g/mol. The quantitative estimate of drug-likeness (QED) is 0.363. The summed E-state index contributed by atoms with van der Waals surface area (Å²) in [6.07, 6.45) is 1.81. The van der Waals surface area contributed by atoms with E-state index < -0.39 is 0 Å². The van der Waals surface area contributed by atoms with Crippen molar-refractivity contribution in [2.24, 2.45) is 0 Å². The highest BCUT2D eigenvalue weighted by atomic mass is 19.1. The summed E-state index contributed by atoms with van der Waals surface area (Å²) in [5, 5.41) is 15.0. The summed E-state index contributed by atoms with van der Waals surface area (Å²) in [6.45, 7) is 13.9. The van der Waals surface area contributed by atoms with E-state index in [0.29, 0.717) is 26.2 Å². The van der Waals surface area contributed by atoms with Crippen molar-refractivity contribution in [2.45, 2.75) is 54.3 Å². The van der Waals surface area contributed by atoms with Crippen LogP contribution in [0.15, 0.2) is 36.5 Å². The van der Waals surface area contributed by atoms with E-state index in [-0.39, 0.29) is 30.7 Å². The smallest absolute Gasteiger partial charge is 0.256 e. The Morgan fingerprint density at radius 1 is 1.05 bits per heavy atom. The Kier molecular flexibility index (Phi) is 10.8. The Balaban J connectivity index is 0.00000205. The molecule has 1 aliphatic heterocycles. The van der Waals surface area contributed by atoms with Crippen molar-refractivity contribution in [1.82, 2.24) is 30.4 Å². The lowest BCUT2D eigenvalue weighted by Gasteiger charge is -2.32. The normalized spacial score (nSPS) is 12.6. The van der Waals surface area contributed by atoms with Gasteiger partial charge in [-0.15, -0.1) is 0 Å². The first-order chi connectivity index (χ1) is 18.8. The summed E-state index contributed by atoms with van der Waals surface area (Å²) in [6, 6.07) is 8.78. The van der Waals surface area contributed by atoms with E-state index in [1.165, 1.54) is 12.1 Å². The largest absolute Gasteiger partial charge is 0.353 e. The maximum Gasteiger partial charge on any atom is 0.256 e. The van der Waals surface area contributed by atoms with E-state index in [9.17, 15) is 14.0 Å². The number of likely N-dealkylation sites (N-methyl/N-ethyl adjacent to an activating group) is 2. The van der Waals surface area contributed by atoms with Gasteiger partial charge < -0.3 is 15.5 Å². The maximum absolute atomic E-state index is 13.7. The minimum absolute atomic E-state index is 0.0204. The minimum Gasteiger partial charge on any atom is -0.353 e. The third kappa shape index (κ3) is 7.33. The number of rotatable bonds is 11. The van der Waals surface area contributed by atoms with Crippen molar-refractivity contribution < 1.29 is 14.0 Å². The molecule has 4 rings (SSSR count). The third-order valence-corrected chi connectivity index (χ3v) is 6.79. The zero-order chi connectivity index (χ0) is 28.5. The molecule has 2 heterocycles. The number of anilines is 1. The van der Waals surface area contributed by atoms with Crippen LogP contribution in [0.5, 0.6) is 0 Å². The van der Waals surface area contributed by atoms with E-state index in [2.05, 4.69) is 21.8 Å². The molecule has 2 N–H and O–H groups in total. The molecule has 0 atom stereocenters. The number of fused-ring (bicyclic) bond motifs is 2. The van der Waals surface area contributed by atoms with E-state index >= 15 is 0 Å². The van der Waals surface area contributed by atoms with Gasteiger partial charge >= 0.3 is 0 Å². The van der Waals surface area contributed by atoms with Crippen LogP contribution < -0.4 is 15.5 Å². The van der Waals surface area contributed by atoms with Crippen LogP contribution in [0.4, 0.5) is 10.1 Å². The second kappa shape index (κ2) is 14.0. The molecule has 10 heteroatoms. The highest BCUT2D eigenvalue weighted by molar-refractivity contribution is 5.90. The number of halogens is 1. The second-order valence-corrected chi connectivity index (χ2v) is 9.37. The van der Waals surface area contributed by atoms with Crippen LogP contribution in [0.1, 0.15) is 44.4 Å². The number of benzene rings is 2. The Labute approximate surface area is 230 Å². The zero-order valence-corrected chi connectivity index (χ0v) is 24.1. The van der Waals surface area contributed by atoms with Gasteiger partial charge in [0.1, 0.15) is 5.82 Å². The lowest BCUT2D eigenvalue weighted by molar-refractivity contribution is -0.145. The van der Waals surface area contributed by atoms with Crippen LogP contribution in [0, 0.1) is 12.7 Å².